The highest BCUT2D eigenvalue weighted by Crippen LogP contribution is 2.26. The van der Waals surface area contributed by atoms with Crippen molar-refractivity contribution in [2.75, 3.05) is 6.54 Å². The van der Waals surface area contributed by atoms with Crippen LogP contribution in [0.5, 0.6) is 5.75 Å². The average Bonchev–Trinajstić information content (AvgIpc) is 2.59. The molecule has 0 saturated carbocycles. The van der Waals surface area contributed by atoms with Crippen molar-refractivity contribution in [1.29, 1.82) is 0 Å². The third-order valence-electron chi connectivity index (χ3n) is 3.98. The predicted molar refractivity (Wildman–Crippen MR) is 106 cm³/mol. The summed E-state index contributed by atoms with van der Waals surface area (Å²) in [7, 11) is 0. The normalized spacial score (nSPS) is 10.9. The smallest absolute Gasteiger partial charge is 0.131 e. The first-order chi connectivity index (χ1) is 12.1. The summed E-state index contributed by atoms with van der Waals surface area (Å²) in [5, 5.41) is 3.83. The molecule has 0 fully saturated rings. The molecule has 0 atom stereocenters. The number of benzene rings is 2. The Morgan fingerprint density at radius 2 is 2.00 bits per heavy atom. The molecule has 2 rings (SSSR count). The van der Waals surface area contributed by atoms with E-state index in [1.807, 2.05) is 18.2 Å². The fraction of sp³-hybridized carbons (Fsp3) is 0.400. The standard InChI is InChI=1S/C20H24BrClFNO/c1-2-3-4-5-11-24-13-15-12-16(21)9-10-20(15)25-14-17-18(22)7-6-8-19(17)23/h6-10,12,24H,2-5,11,13-14H2,1H3. The van der Waals surface area contributed by atoms with Gasteiger partial charge in [0, 0.05) is 22.1 Å². The number of nitrogens with one attached hydrogen (secondary N) is 1. The molecule has 0 aromatic heterocycles. The van der Waals surface area contributed by atoms with Crippen LogP contribution in [0.1, 0.15) is 43.7 Å². The molecule has 25 heavy (non-hydrogen) atoms. The first-order valence-electron chi connectivity index (χ1n) is 8.66. The van der Waals surface area contributed by atoms with Crippen LogP contribution in [0.3, 0.4) is 0 Å². The van der Waals surface area contributed by atoms with Gasteiger partial charge in [-0.15, -0.1) is 0 Å². The first-order valence-corrected chi connectivity index (χ1v) is 9.83. The van der Waals surface area contributed by atoms with Gasteiger partial charge in [0.2, 0.25) is 0 Å². The summed E-state index contributed by atoms with van der Waals surface area (Å²) in [6, 6.07) is 10.5. The van der Waals surface area contributed by atoms with Gasteiger partial charge in [0.1, 0.15) is 18.2 Å². The molecule has 0 amide bonds. The Hall–Kier alpha value is -1.10. The minimum atomic E-state index is -0.347. The second-order valence-electron chi connectivity index (χ2n) is 5.98. The zero-order valence-corrected chi connectivity index (χ0v) is 16.8. The van der Waals surface area contributed by atoms with Crippen molar-refractivity contribution in [2.24, 2.45) is 0 Å². The van der Waals surface area contributed by atoms with E-state index in [1.54, 1.807) is 12.1 Å². The molecular weight excluding hydrogens is 405 g/mol. The summed E-state index contributed by atoms with van der Waals surface area (Å²) in [6.45, 7) is 4.01. The van der Waals surface area contributed by atoms with Gasteiger partial charge in [-0.25, -0.2) is 4.39 Å². The van der Waals surface area contributed by atoms with Crippen molar-refractivity contribution in [2.45, 2.75) is 45.8 Å². The summed E-state index contributed by atoms with van der Waals surface area (Å²) in [6.07, 6.45) is 4.93. The third-order valence-corrected chi connectivity index (χ3v) is 4.83. The summed E-state index contributed by atoms with van der Waals surface area (Å²) >= 11 is 9.56. The highest BCUT2D eigenvalue weighted by Gasteiger charge is 2.10. The molecule has 0 aliphatic heterocycles. The maximum absolute atomic E-state index is 13.9. The first kappa shape index (κ1) is 20.2. The van der Waals surface area contributed by atoms with Gasteiger partial charge < -0.3 is 10.1 Å². The van der Waals surface area contributed by atoms with Crippen LogP contribution in [-0.4, -0.2) is 6.54 Å². The summed E-state index contributed by atoms with van der Waals surface area (Å²) in [5.74, 6) is 0.392. The van der Waals surface area contributed by atoms with Crippen molar-refractivity contribution in [3.8, 4) is 5.75 Å². The van der Waals surface area contributed by atoms with Crippen LogP contribution in [0.4, 0.5) is 4.39 Å². The lowest BCUT2D eigenvalue weighted by atomic mass is 10.1. The molecule has 0 spiro atoms. The topological polar surface area (TPSA) is 21.3 Å². The van der Waals surface area contributed by atoms with Crippen molar-refractivity contribution in [3.63, 3.8) is 0 Å². The van der Waals surface area contributed by atoms with Crippen LogP contribution in [0, 0.1) is 5.82 Å². The Kier molecular flexibility index (Phi) is 8.73. The fourth-order valence-corrected chi connectivity index (χ4v) is 3.17. The molecule has 0 unspecified atom stereocenters. The third kappa shape index (κ3) is 6.61. The lowest BCUT2D eigenvalue weighted by molar-refractivity contribution is 0.296. The maximum Gasteiger partial charge on any atom is 0.131 e. The van der Waals surface area contributed by atoms with Gasteiger partial charge in [-0.05, 0) is 43.3 Å². The van der Waals surface area contributed by atoms with Crippen molar-refractivity contribution < 1.29 is 9.13 Å². The number of ether oxygens (including phenoxy) is 1. The zero-order valence-electron chi connectivity index (χ0n) is 14.5. The zero-order chi connectivity index (χ0) is 18.1. The van der Waals surface area contributed by atoms with Crippen LogP contribution < -0.4 is 10.1 Å². The molecule has 2 nitrogen and oxygen atoms in total. The van der Waals surface area contributed by atoms with Gasteiger partial charge in [-0.3, -0.25) is 0 Å². The van der Waals surface area contributed by atoms with E-state index >= 15 is 0 Å². The second kappa shape index (κ2) is 10.8. The Balaban J connectivity index is 1.96. The van der Waals surface area contributed by atoms with Crippen LogP contribution in [0.15, 0.2) is 40.9 Å². The van der Waals surface area contributed by atoms with Crippen LogP contribution in [0.25, 0.3) is 0 Å². The van der Waals surface area contributed by atoms with E-state index in [-0.39, 0.29) is 12.4 Å². The van der Waals surface area contributed by atoms with E-state index in [4.69, 9.17) is 16.3 Å². The van der Waals surface area contributed by atoms with Gasteiger partial charge >= 0.3 is 0 Å². The van der Waals surface area contributed by atoms with Crippen molar-refractivity contribution in [1.82, 2.24) is 5.32 Å². The summed E-state index contributed by atoms with van der Waals surface area (Å²) < 4.78 is 20.7. The number of halogens is 3. The molecule has 0 saturated heterocycles. The number of hydrogen-bond acceptors (Lipinski definition) is 2. The van der Waals surface area contributed by atoms with Crippen LogP contribution in [0.2, 0.25) is 5.02 Å². The average molecular weight is 429 g/mol. The lowest BCUT2D eigenvalue weighted by Crippen LogP contribution is -2.15. The van der Waals surface area contributed by atoms with E-state index < -0.39 is 0 Å². The summed E-state index contributed by atoms with van der Waals surface area (Å²) in [4.78, 5) is 0. The van der Waals surface area contributed by atoms with Gasteiger partial charge in [0.15, 0.2) is 0 Å². The van der Waals surface area contributed by atoms with Gasteiger partial charge in [0.05, 0.1) is 5.02 Å². The molecule has 136 valence electrons. The van der Waals surface area contributed by atoms with E-state index in [2.05, 4.69) is 28.2 Å². The molecule has 0 radical (unpaired) electrons. The lowest BCUT2D eigenvalue weighted by Gasteiger charge is -2.14. The molecule has 0 aliphatic rings. The quantitative estimate of drug-likeness (QED) is 0.437. The Morgan fingerprint density at radius 1 is 1.16 bits per heavy atom. The van der Waals surface area contributed by atoms with Crippen molar-refractivity contribution >= 4 is 27.5 Å². The molecule has 5 heteroatoms. The molecule has 1 N–H and O–H groups in total. The van der Waals surface area contributed by atoms with Crippen molar-refractivity contribution in [3.05, 3.63) is 62.8 Å². The highest BCUT2D eigenvalue weighted by atomic mass is 79.9. The highest BCUT2D eigenvalue weighted by molar-refractivity contribution is 9.10. The Labute approximate surface area is 162 Å². The van der Waals surface area contributed by atoms with Gasteiger partial charge in [-0.1, -0.05) is 59.8 Å². The number of unbranched alkanes of at least 4 members (excludes halogenated alkanes) is 3. The number of hydrogen-bond donors (Lipinski definition) is 1. The summed E-state index contributed by atoms with van der Waals surface area (Å²) in [5.41, 5.74) is 1.42. The molecule has 2 aromatic carbocycles. The monoisotopic (exact) mass is 427 g/mol. The molecule has 0 heterocycles. The fourth-order valence-electron chi connectivity index (χ4n) is 2.55. The van der Waals surface area contributed by atoms with E-state index in [0.717, 1.165) is 22.3 Å². The maximum atomic E-state index is 13.9. The van der Waals surface area contributed by atoms with E-state index in [9.17, 15) is 4.39 Å². The largest absolute Gasteiger partial charge is 0.488 e. The number of rotatable bonds is 10. The molecular formula is C20H24BrClFNO. The predicted octanol–water partition coefficient (Wildman–Crippen LogP) is 6.49. The van der Waals surface area contributed by atoms with Gasteiger partial charge in [-0.2, -0.15) is 0 Å². The van der Waals surface area contributed by atoms with Crippen LogP contribution >= 0.6 is 27.5 Å². The Bertz CT molecular complexity index is 660. The van der Waals surface area contributed by atoms with E-state index in [1.165, 1.54) is 31.7 Å². The minimum Gasteiger partial charge on any atom is -0.488 e. The molecule has 0 aliphatic carbocycles. The molecule has 2 aromatic rings. The van der Waals surface area contributed by atoms with Crippen LogP contribution in [-0.2, 0) is 13.2 Å². The minimum absolute atomic E-state index is 0.108. The van der Waals surface area contributed by atoms with Gasteiger partial charge in [0.25, 0.3) is 0 Å². The Morgan fingerprint density at radius 3 is 2.76 bits per heavy atom. The second-order valence-corrected chi connectivity index (χ2v) is 7.30. The SMILES string of the molecule is CCCCCCNCc1cc(Br)ccc1OCc1c(F)cccc1Cl. The molecule has 0 bridgehead atoms. The van der Waals surface area contributed by atoms with E-state index in [0.29, 0.717) is 17.1 Å².